The molecular formula is C11H22N2O2. The minimum absolute atomic E-state index is 0.198. The molecule has 1 fully saturated rings. The molecule has 1 aliphatic heterocycles. The molecule has 15 heavy (non-hydrogen) atoms. The van der Waals surface area contributed by atoms with Gasteiger partial charge in [-0.15, -0.1) is 0 Å². The van der Waals surface area contributed by atoms with Crippen molar-refractivity contribution in [2.24, 2.45) is 5.92 Å². The summed E-state index contributed by atoms with van der Waals surface area (Å²) in [6.45, 7) is 6.84. The van der Waals surface area contributed by atoms with Crippen LogP contribution in [0, 0.1) is 5.92 Å². The number of nitrogens with one attached hydrogen (secondary N) is 1. The largest absolute Gasteiger partial charge is 0.453 e. The van der Waals surface area contributed by atoms with Gasteiger partial charge in [-0.05, 0) is 18.9 Å². The van der Waals surface area contributed by atoms with E-state index in [9.17, 15) is 4.79 Å². The van der Waals surface area contributed by atoms with Crippen LogP contribution in [0.15, 0.2) is 0 Å². The minimum Gasteiger partial charge on any atom is -0.453 e. The Morgan fingerprint density at radius 2 is 2.20 bits per heavy atom. The molecule has 1 heterocycles. The van der Waals surface area contributed by atoms with Gasteiger partial charge >= 0.3 is 6.09 Å². The predicted octanol–water partition coefficient (Wildman–Crippen LogP) is 1.46. The van der Waals surface area contributed by atoms with Gasteiger partial charge in [-0.3, -0.25) is 0 Å². The molecule has 0 bridgehead atoms. The van der Waals surface area contributed by atoms with E-state index in [4.69, 9.17) is 4.74 Å². The maximum Gasteiger partial charge on any atom is 0.409 e. The lowest BCUT2D eigenvalue weighted by Gasteiger charge is -2.36. The summed E-state index contributed by atoms with van der Waals surface area (Å²) in [5, 5.41) is 3.41. The normalized spacial score (nSPS) is 26.5. The number of hydrogen-bond donors (Lipinski definition) is 1. The fourth-order valence-corrected chi connectivity index (χ4v) is 2.21. The van der Waals surface area contributed by atoms with Gasteiger partial charge in [0.05, 0.1) is 7.11 Å². The lowest BCUT2D eigenvalue weighted by atomic mass is 9.92. The topological polar surface area (TPSA) is 41.6 Å². The zero-order chi connectivity index (χ0) is 11.3. The summed E-state index contributed by atoms with van der Waals surface area (Å²) in [5.41, 5.74) is 0. The van der Waals surface area contributed by atoms with E-state index in [1.165, 1.54) is 7.11 Å². The number of likely N-dealkylation sites (N-methyl/N-ethyl adjacent to an activating group) is 1. The first kappa shape index (κ1) is 12.3. The quantitative estimate of drug-likeness (QED) is 0.773. The second-order valence-electron chi connectivity index (χ2n) is 4.14. The Labute approximate surface area is 92.0 Å². The Balaban J connectivity index is 2.54. The van der Waals surface area contributed by atoms with Crippen LogP contribution in [-0.4, -0.2) is 43.8 Å². The predicted molar refractivity (Wildman–Crippen MR) is 59.8 cm³/mol. The highest BCUT2D eigenvalue weighted by Gasteiger charge is 2.28. The molecule has 0 saturated carbocycles. The average Bonchev–Trinajstić information content (AvgIpc) is 2.28. The van der Waals surface area contributed by atoms with E-state index in [0.29, 0.717) is 12.0 Å². The monoisotopic (exact) mass is 214 g/mol. The number of nitrogens with zero attached hydrogens (tertiary/aromatic N) is 1. The molecule has 1 rings (SSSR count). The zero-order valence-electron chi connectivity index (χ0n) is 9.95. The molecule has 4 heteroatoms. The third kappa shape index (κ3) is 3.38. The number of carbonyl (C=O) groups is 1. The van der Waals surface area contributed by atoms with Crippen LogP contribution in [0.3, 0.4) is 0 Å². The van der Waals surface area contributed by atoms with E-state index in [0.717, 1.165) is 32.5 Å². The van der Waals surface area contributed by atoms with E-state index in [1.54, 1.807) is 0 Å². The Bertz CT molecular complexity index is 209. The molecule has 88 valence electrons. The van der Waals surface area contributed by atoms with E-state index in [2.05, 4.69) is 19.2 Å². The van der Waals surface area contributed by atoms with Gasteiger partial charge in [-0.2, -0.15) is 0 Å². The van der Waals surface area contributed by atoms with Gasteiger partial charge in [0.1, 0.15) is 0 Å². The van der Waals surface area contributed by atoms with Gasteiger partial charge in [-0.1, -0.05) is 20.3 Å². The van der Waals surface area contributed by atoms with Crippen molar-refractivity contribution >= 4 is 6.09 Å². The number of methoxy groups -OCH3 is 1. The fraction of sp³-hybridized carbons (Fsp3) is 0.909. The van der Waals surface area contributed by atoms with Crippen molar-refractivity contribution < 1.29 is 9.53 Å². The number of amides is 1. The SMILES string of the molecule is CCNC1CC(CC)CN(C(=O)OC)C1. The summed E-state index contributed by atoms with van der Waals surface area (Å²) in [7, 11) is 1.44. The van der Waals surface area contributed by atoms with Crippen LogP contribution >= 0.6 is 0 Å². The van der Waals surface area contributed by atoms with Gasteiger partial charge in [-0.25, -0.2) is 4.79 Å². The first-order chi connectivity index (χ1) is 7.21. The van der Waals surface area contributed by atoms with Crippen LogP contribution < -0.4 is 5.32 Å². The van der Waals surface area contributed by atoms with Crippen LogP contribution in [0.4, 0.5) is 4.79 Å². The molecule has 2 unspecified atom stereocenters. The summed E-state index contributed by atoms with van der Waals surface area (Å²) < 4.78 is 4.77. The van der Waals surface area contributed by atoms with Gasteiger partial charge in [0.2, 0.25) is 0 Å². The van der Waals surface area contributed by atoms with Crippen molar-refractivity contribution in [3.05, 3.63) is 0 Å². The summed E-state index contributed by atoms with van der Waals surface area (Å²) in [6.07, 6.45) is 2.09. The number of hydrogen-bond acceptors (Lipinski definition) is 3. The van der Waals surface area contributed by atoms with Crippen LogP contribution in [-0.2, 0) is 4.74 Å². The highest BCUT2D eigenvalue weighted by atomic mass is 16.5. The third-order valence-corrected chi connectivity index (χ3v) is 3.04. The molecule has 1 saturated heterocycles. The lowest BCUT2D eigenvalue weighted by molar-refractivity contribution is 0.0904. The first-order valence-electron chi connectivity index (χ1n) is 5.77. The van der Waals surface area contributed by atoms with E-state index >= 15 is 0 Å². The second kappa shape index (κ2) is 5.95. The Hall–Kier alpha value is -0.770. The molecule has 0 aliphatic carbocycles. The maximum atomic E-state index is 11.5. The van der Waals surface area contributed by atoms with Gasteiger partial charge in [0.15, 0.2) is 0 Å². The van der Waals surface area contributed by atoms with Gasteiger partial charge in [0.25, 0.3) is 0 Å². The molecule has 0 aromatic carbocycles. The first-order valence-corrected chi connectivity index (χ1v) is 5.77. The van der Waals surface area contributed by atoms with E-state index in [1.807, 2.05) is 4.90 Å². The standard InChI is InChI=1S/C11H22N2O2/c1-4-9-6-10(12-5-2)8-13(7-9)11(14)15-3/h9-10,12H,4-8H2,1-3H3. The molecule has 2 atom stereocenters. The van der Waals surface area contributed by atoms with E-state index in [-0.39, 0.29) is 6.09 Å². The van der Waals surface area contributed by atoms with Crippen molar-refractivity contribution in [3.8, 4) is 0 Å². The molecule has 0 aromatic heterocycles. The minimum atomic E-state index is -0.198. The van der Waals surface area contributed by atoms with Crippen molar-refractivity contribution in [2.75, 3.05) is 26.7 Å². The van der Waals surface area contributed by atoms with Gasteiger partial charge < -0.3 is 15.0 Å². The Morgan fingerprint density at radius 1 is 1.47 bits per heavy atom. The van der Waals surface area contributed by atoms with Crippen molar-refractivity contribution in [3.63, 3.8) is 0 Å². The molecular weight excluding hydrogens is 192 g/mol. The third-order valence-electron chi connectivity index (χ3n) is 3.04. The highest BCUT2D eigenvalue weighted by molar-refractivity contribution is 5.67. The fourth-order valence-electron chi connectivity index (χ4n) is 2.21. The molecule has 1 N–H and O–H groups in total. The average molecular weight is 214 g/mol. The lowest BCUT2D eigenvalue weighted by Crippen LogP contribution is -2.51. The number of piperidine rings is 1. The van der Waals surface area contributed by atoms with Crippen molar-refractivity contribution in [2.45, 2.75) is 32.7 Å². The molecule has 4 nitrogen and oxygen atoms in total. The number of likely N-dealkylation sites (tertiary alicyclic amines) is 1. The molecule has 1 amide bonds. The summed E-state index contributed by atoms with van der Waals surface area (Å²) in [5.74, 6) is 0.599. The number of carbonyl (C=O) groups excluding carboxylic acids is 1. The van der Waals surface area contributed by atoms with Crippen LogP contribution in [0.5, 0.6) is 0 Å². The molecule has 0 spiro atoms. The van der Waals surface area contributed by atoms with Crippen molar-refractivity contribution in [1.82, 2.24) is 10.2 Å². The molecule has 0 aromatic rings. The highest BCUT2D eigenvalue weighted by Crippen LogP contribution is 2.20. The molecule has 0 radical (unpaired) electrons. The van der Waals surface area contributed by atoms with Gasteiger partial charge in [0, 0.05) is 19.1 Å². The summed E-state index contributed by atoms with van der Waals surface area (Å²) in [4.78, 5) is 13.3. The van der Waals surface area contributed by atoms with Crippen molar-refractivity contribution in [1.29, 1.82) is 0 Å². The molecule has 1 aliphatic rings. The van der Waals surface area contributed by atoms with Crippen LogP contribution in [0.2, 0.25) is 0 Å². The van der Waals surface area contributed by atoms with Crippen LogP contribution in [0.25, 0.3) is 0 Å². The Morgan fingerprint density at radius 3 is 2.73 bits per heavy atom. The maximum absolute atomic E-state index is 11.5. The smallest absolute Gasteiger partial charge is 0.409 e. The van der Waals surface area contributed by atoms with Crippen LogP contribution in [0.1, 0.15) is 26.7 Å². The number of rotatable bonds is 3. The Kier molecular flexibility index (Phi) is 4.88. The zero-order valence-corrected chi connectivity index (χ0v) is 9.95. The van der Waals surface area contributed by atoms with E-state index < -0.39 is 0 Å². The summed E-state index contributed by atoms with van der Waals surface area (Å²) in [6, 6.07) is 0.424. The number of ether oxygens (including phenoxy) is 1. The second-order valence-corrected chi connectivity index (χ2v) is 4.14. The summed E-state index contributed by atoms with van der Waals surface area (Å²) >= 11 is 0.